The van der Waals surface area contributed by atoms with E-state index in [-0.39, 0.29) is 31.2 Å². The Labute approximate surface area is 430 Å². The van der Waals surface area contributed by atoms with E-state index in [1.807, 2.05) is 39.8 Å². The van der Waals surface area contributed by atoms with Crippen molar-refractivity contribution in [3.63, 3.8) is 0 Å². The number of nitrogens with two attached hydrogens (primary N) is 4. The molecule has 0 aliphatic rings. The minimum atomic E-state index is -4.16. The van der Waals surface area contributed by atoms with Crippen LogP contribution in [0.25, 0.3) is 20.4 Å². The summed E-state index contributed by atoms with van der Waals surface area (Å²) in [5, 5.41) is 8.78. The average Bonchev–Trinajstić information content (AvgIpc) is 4.05. The van der Waals surface area contributed by atoms with Gasteiger partial charge in [-0.1, -0.05) is 34.4 Å². The number of hydrogen-bond acceptors (Lipinski definition) is 26. The van der Waals surface area contributed by atoms with Gasteiger partial charge in [-0.25, -0.2) is 0 Å². The average molecular weight is 1140 g/mol. The minimum Gasteiger partial charge on any atom is -0.495 e. The van der Waals surface area contributed by atoms with Crippen LogP contribution < -0.4 is 52.8 Å². The molecule has 5 heterocycles. The molecule has 0 spiro atoms. The number of methoxy groups -OCH3 is 2. The van der Waals surface area contributed by atoms with Gasteiger partial charge in [-0.2, -0.15) is 49.0 Å². The third kappa shape index (κ3) is 13.8. The lowest BCUT2D eigenvalue weighted by Gasteiger charge is -2.25. The fourth-order valence-corrected chi connectivity index (χ4v) is 14.2. The first kappa shape index (κ1) is 56.6. The molecule has 388 valence electrons. The molecule has 0 amide bonds. The molecule has 0 bridgehead atoms. The number of nitrogens with zero attached hydrogens (tertiary/aromatic N) is 7. The molecule has 0 atom stereocenters. The Balaban J connectivity index is 0.000000267. The summed E-state index contributed by atoms with van der Waals surface area (Å²) in [4.78, 5) is 18.8. The number of nitrogen functional groups attached to an aromatic ring is 4. The van der Waals surface area contributed by atoms with E-state index in [2.05, 4.69) is 44.1 Å². The lowest BCUT2D eigenvalue weighted by atomic mass is 10.2. The van der Waals surface area contributed by atoms with Gasteiger partial charge in [0.1, 0.15) is 31.2 Å². The molecule has 0 radical (unpaired) electrons. The van der Waals surface area contributed by atoms with Gasteiger partial charge in [0.25, 0.3) is 10.1 Å². The number of hydrogen-bond donors (Lipinski definition) is 9. The Morgan fingerprint density at radius 2 is 1.01 bits per heavy atom. The van der Waals surface area contributed by atoms with Crippen LogP contribution in [0.3, 0.4) is 0 Å². The van der Waals surface area contributed by atoms with Crippen LogP contribution in [0.5, 0.6) is 11.5 Å². The number of anilines is 10. The van der Waals surface area contributed by atoms with Crippen molar-refractivity contribution in [3.8, 4) is 11.5 Å². The highest BCUT2D eigenvalue weighted by atomic mass is 32.3. The highest BCUT2D eigenvalue weighted by molar-refractivity contribution is 8.00. The number of rotatable bonds is 18. The first-order valence-corrected chi connectivity index (χ1v) is 29.5. The molecular formula is C39H53N13O11S8. The normalized spacial score (nSPS) is 11.7. The number of ether oxygens (including phenoxy) is 2. The van der Waals surface area contributed by atoms with E-state index in [0.29, 0.717) is 75.8 Å². The van der Waals surface area contributed by atoms with Gasteiger partial charge in [0.15, 0.2) is 13.6 Å². The fraction of sp³-hybridized carbons (Fsp3) is 0.359. The molecular weight excluding hydrogens is 1080 g/mol. The Hall–Kier alpha value is -5.29. The Kier molecular flexibility index (Phi) is 18.7. The van der Waals surface area contributed by atoms with E-state index in [4.69, 9.17) is 41.5 Å². The van der Waals surface area contributed by atoms with Crippen LogP contribution in [-0.4, -0.2) is 115 Å². The van der Waals surface area contributed by atoms with Crippen molar-refractivity contribution in [2.45, 2.75) is 55.1 Å². The van der Waals surface area contributed by atoms with E-state index < -0.39 is 36.1 Å². The third-order valence-corrected chi connectivity index (χ3v) is 18.9. The SMILES string of the molecule is CCN(CC)c1cc(Nc2nc(Nc3cc(N(CC)CC)c(OC)cc3N)nc(SCCS(=O)(=O)O)n2)c(N)cc1OC.Cc1c(S(=O)(=O)O)sc2nsc(N)c12.Cc1c(S(=O)(=O)O)sc2nsc(N)c12. The standard InChI is InChI=1S/C27H41N9O5S2.2C6H6N2O3S3/c1-7-35(8-2)21-15-19(17(28)13-23(21)40-5)30-25-32-26(34-27(33-25)42-11-12-43(37,38)39)31-20-16-22(36(9-3)10-4)24(41-6)14-18(20)29;2*1-2-3-4(7)13-8-5(3)12-6(2)14(9,10)11/h13-16H,7-12,28-29H2,1-6H3,(H,37,38,39)(H2,30,31,32,33,34);2*7H2,1H3,(H,9,10,11). The summed E-state index contributed by atoms with van der Waals surface area (Å²) >= 11 is 5.15. The zero-order chi connectivity index (χ0) is 52.7. The van der Waals surface area contributed by atoms with Crippen LogP contribution >= 0.6 is 57.5 Å². The number of fused-ring (bicyclic) bond motifs is 2. The molecule has 0 saturated heterocycles. The van der Waals surface area contributed by atoms with E-state index in [0.717, 1.165) is 95.1 Å². The summed E-state index contributed by atoms with van der Waals surface area (Å²) < 4.78 is 112. The number of thiophene rings is 2. The highest BCUT2D eigenvalue weighted by Gasteiger charge is 2.24. The lowest BCUT2D eigenvalue weighted by Crippen LogP contribution is -2.22. The number of thioether (sulfide) groups is 1. The minimum absolute atomic E-state index is 0.0231. The Morgan fingerprint density at radius 1 is 0.634 bits per heavy atom. The molecule has 2 aromatic carbocycles. The molecule has 0 aliphatic carbocycles. The van der Waals surface area contributed by atoms with Crippen molar-refractivity contribution in [1.29, 1.82) is 0 Å². The van der Waals surface area contributed by atoms with Gasteiger partial charge in [0, 0.05) is 44.1 Å². The third-order valence-electron chi connectivity index (χ3n) is 10.2. The van der Waals surface area contributed by atoms with Crippen molar-refractivity contribution >= 4 is 164 Å². The van der Waals surface area contributed by atoms with Crippen LogP contribution in [0.1, 0.15) is 38.8 Å². The van der Waals surface area contributed by atoms with Crippen LogP contribution in [0.2, 0.25) is 0 Å². The van der Waals surface area contributed by atoms with E-state index in [9.17, 15) is 29.8 Å². The molecule has 5 aromatic heterocycles. The topological polar surface area (TPSA) is 381 Å². The van der Waals surface area contributed by atoms with Crippen molar-refractivity contribution < 1.29 is 48.4 Å². The molecule has 7 rings (SSSR count). The molecule has 32 heteroatoms. The number of aromatic nitrogens is 5. The molecule has 24 nitrogen and oxygen atoms in total. The quantitative estimate of drug-likeness (QED) is 0.0233. The summed E-state index contributed by atoms with van der Waals surface area (Å²) in [5.74, 6) is 1.13. The maximum atomic E-state index is 11.3. The first-order valence-electron chi connectivity index (χ1n) is 20.8. The smallest absolute Gasteiger partial charge is 0.304 e. The summed E-state index contributed by atoms with van der Waals surface area (Å²) in [6.45, 7) is 14.4. The number of benzene rings is 2. The van der Waals surface area contributed by atoms with Crippen LogP contribution in [0, 0.1) is 13.8 Å². The van der Waals surface area contributed by atoms with E-state index >= 15 is 0 Å². The molecule has 0 fully saturated rings. The first-order chi connectivity index (χ1) is 33.3. The maximum Gasteiger partial charge on any atom is 0.304 e. The van der Waals surface area contributed by atoms with E-state index in [1.165, 1.54) is 0 Å². The Bertz CT molecular complexity index is 3160. The second-order valence-electron chi connectivity index (χ2n) is 14.7. The van der Waals surface area contributed by atoms with Gasteiger partial charge in [-0.3, -0.25) is 13.7 Å². The monoisotopic (exact) mass is 1140 g/mol. The molecule has 0 aliphatic heterocycles. The van der Waals surface area contributed by atoms with Gasteiger partial charge in [-0.05, 0) is 87.9 Å². The van der Waals surface area contributed by atoms with Crippen molar-refractivity contribution in [3.05, 3.63) is 35.4 Å². The summed E-state index contributed by atoms with van der Waals surface area (Å²) in [7, 11) is -9.29. The van der Waals surface area contributed by atoms with Gasteiger partial charge >= 0.3 is 20.2 Å². The molecule has 0 saturated carbocycles. The van der Waals surface area contributed by atoms with Gasteiger partial charge in [-0.15, -0.1) is 0 Å². The lowest BCUT2D eigenvalue weighted by molar-refractivity contribution is 0.414. The molecule has 13 N–H and O–H groups in total. The maximum absolute atomic E-state index is 11.3. The van der Waals surface area contributed by atoms with Crippen molar-refractivity contribution in [2.75, 3.05) is 95.3 Å². The van der Waals surface area contributed by atoms with Gasteiger partial charge in [0.2, 0.25) is 11.9 Å². The zero-order valence-corrected chi connectivity index (χ0v) is 45.9. The Morgan fingerprint density at radius 3 is 1.32 bits per heavy atom. The van der Waals surface area contributed by atoms with E-state index in [1.54, 1.807) is 40.2 Å². The number of nitrogens with one attached hydrogen (secondary N) is 2. The van der Waals surface area contributed by atoms with Gasteiger partial charge in [0.05, 0.1) is 64.9 Å². The zero-order valence-electron chi connectivity index (χ0n) is 39.4. The summed E-state index contributed by atoms with van der Waals surface area (Å²) in [6, 6.07) is 7.18. The number of aryl methyl sites for hydroxylation is 2. The van der Waals surface area contributed by atoms with Crippen molar-refractivity contribution in [2.24, 2.45) is 0 Å². The highest BCUT2D eigenvalue weighted by Crippen LogP contribution is 2.41. The van der Waals surface area contributed by atoms with Gasteiger partial charge < -0.3 is 52.8 Å². The predicted molar refractivity (Wildman–Crippen MR) is 288 cm³/mol. The summed E-state index contributed by atoms with van der Waals surface area (Å²) in [5.41, 5.74) is 28.5. The van der Waals surface area contributed by atoms with Crippen LogP contribution in [0.15, 0.2) is 37.8 Å². The second-order valence-corrected chi connectivity index (χ2v) is 24.1. The molecule has 0 unspecified atom stereocenters. The van der Waals surface area contributed by atoms with Crippen LogP contribution in [-0.2, 0) is 30.4 Å². The second kappa shape index (κ2) is 23.5. The predicted octanol–water partition coefficient (Wildman–Crippen LogP) is 7.20. The van der Waals surface area contributed by atoms with Crippen molar-refractivity contribution in [1.82, 2.24) is 23.7 Å². The summed E-state index contributed by atoms with van der Waals surface area (Å²) in [6.07, 6.45) is 0. The molecule has 7 aromatic rings. The van der Waals surface area contributed by atoms with Crippen LogP contribution in [0.4, 0.5) is 56.0 Å². The largest absolute Gasteiger partial charge is 0.495 e. The fourth-order valence-electron chi connectivity index (χ4n) is 6.78. The molecule has 71 heavy (non-hydrogen) atoms.